The molecule has 1 aromatic carbocycles. The van der Waals surface area contributed by atoms with Crippen LogP contribution in [-0.4, -0.2) is 27.7 Å². The van der Waals surface area contributed by atoms with Gasteiger partial charge in [0, 0.05) is 0 Å². The zero-order chi connectivity index (χ0) is 15.9. The molecule has 0 saturated heterocycles. The minimum Gasteiger partial charge on any atom is -0.487 e. The molecule has 8 heteroatoms. The van der Waals surface area contributed by atoms with Gasteiger partial charge in [0.15, 0.2) is 0 Å². The number of hydrogen-bond acceptors (Lipinski definition) is 5. The highest BCUT2D eigenvalue weighted by molar-refractivity contribution is 7.90. The fourth-order valence-corrected chi connectivity index (χ4v) is 2.17. The van der Waals surface area contributed by atoms with Crippen molar-refractivity contribution in [3.05, 3.63) is 36.2 Å². The molecule has 0 saturated carbocycles. The summed E-state index contributed by atoms with van der Waals surface area (Å²) in [7, 11) is -4.00. The van der Waals surface area contributed by atoms with Crippen LogP contribution in [0.15, 0.2) is 41.1 Å². The number of sulfonamides is 1. The Morgan fingerprint density at radius 3 is 2.48 bits per heavy atom. The number of hydrogen-bond donors (Lipinski definition) is 1. The third kappa shape index (κ3) is 5.42. The Labute approximate surface area is 122 Å². The summed E-state index contributed by atoms with van der Waals surface area (Å²) in [6, 6.07) is 5.21. The molecule has 1 aromatic rings. The van der Waals surface area contributed by atoms with Crippen molar-refractivity contribution in [3.63, 3.8) is 0 Å². The summed E-state index contributed by atoms with van der Waals surface area (Å²) >= 11 is 0. The fraction of sp³-hybridized carbons (Fsp3) is 0.308. The average Bonchev–Trinajstić information content (AvgIpc) is 2.44. The number of halogens is 1. The lowest BCUT2D eigenvalue weighted by molar-refractivity contribution is 0.158. The van der Waals surface area contributed by atoms with Gasteiger partial charge in [-0.2, -0.15) is 0 Å². The Hall–Kier alpha value is -2.09. The summed E-state index contributed by atoms with van der Waals surface area (Å²) in [5.41, 5.74) is 0. The van der Waals surface area contributed by atoms with Crippen LogP contribution < -0.4 is 9.46 Å². The second-order valence-corrected chi connectivity index (χ2v) is 5.50. The first kappa shape index (κ1) is 17.0. The molecule has 0 bridgehead atoms. The molecule has 0 aliphatic heterocycles. The van der Waals surface area contributed by atoms with Crippen LogP contribution in [-0.2, 0) is 14.8 Å². The molecule has 0 aliphatic rings. The Balaban J connectivity index is 2.75. The number of rotatable bonds is 6. The highest BCUT2D eigenvalue weighted by Crippen LogP contribution is 2.16. The SMILES string of the molecule is C/C=C(/F)COc1ccc(S(=O)(=O)NC(=O)OCC)cc1. The third-order valence-corrected chi connectivity index (χ3v) is 3.65. The van der Waals surface area contributed by atoms with Crippen molar-refractivity contribution >= 4 is 16.1 Å². The van der Waals surface area contributed by atoms with Crippen molar-refractivity contribution in [3.8, 4) is 5.75 Å². The van der Waals surface area contributed by atoms with E-state index in [4.69, 9.17) is 4.74 Å². The molecule has 0 fully saturated rings. The largest absolute Gasteiger partial charge is 0.487 e. The van der Waals surface area contributed by atoms with Crippen LogP contribution in [0.5, 0.6) is 5.75 Å². The van der Waals surface area contributed by atoms with Gasteiger partial charge in [0.25, 0.3) is 10.0 Å². The predicted molar refractivity (Wildman–Crippen MR) is 74.1 cm³/mol. The maximum atomic E-state index is 12.9. The van der Waals surface area contributed by atoms with E-state index in [-0.39, 0.29) is 18.1 Å². The Morgan fingerprint density at radius 1 is 1.33 bits per heavy atom. The Bertz CT molecular complexity index is 610. The number of benzene rings is 1. The molecule has 116 valence electrons. The molecule has 21 heavy (non-hydrogen) atoms. The van der Waals surface area contributed by atoms with Crippen molar-refractivity contribution < 1.29 is 27.1 Å². The Morgan fingerprint density at radius 2 is 1.95 bits per heavy atom. The minimum absolute atomic E-state index is 0.0602. The van der Waals surface area contributed by atoms with Crippen LogP contribution in [0.25, 0.3) is 0 Å². The number of carbonyl (C=O) groups is 1. The average molecular weight is 317 g/mol. The van der Waals surface area contributed by atoms with Gasteiger partial charge >= 0.3 is 6.09 Å². The summed E-state index contributed by atoms with van der Waals surface area (Å²) in [5, 5.41) is 0. The summed E-state index contributed by atoms with van der Waals surface area (Å²) in [5.74, 6) is -0.127. The molecule has 1 rings (SSSR count). The van der Waals surface area contributed by atoms with Gasteiger partial charge in [-0.3, -0.25) is 0 Å². The minimum atomic E-state index is -4.00. The van der Waals surface area contributed by atoms with Crippen LogP contribution in [0, 0.1) is 0 Å². The van der Waals surface area contributed by atoms with E-state index >= 15 is 0 Å². The quantitative estimate of drug-likeness (QED) is 0.871. The molecule has 0 aromatic heterocycles. The van der Waals surface area contributed by atoms with Gasteiger partial charge in [-0.25, -0.2) is 22.3 Å². The van der Waals surface area contributed by atoms with Crippen molar-refractivity contribution in [1.29, 1.82) is 0 Å². The molecule has 6 nitrogen and oxygen atoms in total. The first-order chi connectivity index (χ1) is 9.89. The summed E-state index contributed by atoms with van der Waals surface area (Å²) < 4.78 is 47.9. The van der Waals surface area contributed by atoms with Crippen LogP contribution in [0.3, 0.4) is 0 Å². The Kier molecular flexibility index (Phi) is 6.16. The van der Waals surface area contributed by atoms with E-state index < -0.39 is 21.9 Å². The normalized spacial score (nSPS) is 11.9. The van der Waals surface area contributed by atoms with Crippen LogP contribution in [0.1, 0.15) is 13.8 Å². The van der Waals surface area contributed by atoms with Crippen molar-refractivity contribution in [2.24, 2.45) is 0 Å². The van der Waals surface area contributed by atoms with E-state index in [0.717, 1.165) is 0 Å². The highest BCUT2D eigenvalue weighted by atomic mass is 32.2. The molecular formula is C13H16FNO5S. The van der Waals surface area contributed by atoms with E-state index in [9.17, 15) is 17.6 Å². The number of amides is 1. The molecular weight excluding hydrogens is 301 g/mol. The molecule has 0 atom stereocenters. The molecule has 1 amide bonds. The fourth-order valence-electron chi connectivity index (χ4n) is 1.28. The van der Waals surface area contributed by atoms with E-state index in [2.05, 4.69) is 4.74 Å². The molecule has 0 heterocycles. The summed E-state index contributed by atoms with van der Waals surface area (Å²) in [6.45, 7) is 2.92. The topological polar surface area (TPSA) is 81.7 Å². The van der Waals surface area contributed by atoms with E-state index in [1.165, 1.54) is 37.3 Å². The first-order valence-corrected chi connectivity index (χ1v) is 7.60. The van der Waals surface area contributed by atoms with E-state index in [1.54, 1.807) is 11.6 Å². The number of ether oxygens (including phenoxy) is 2. The highest BCUT2D eigenvalue weighted by Gasteiger charge is 2.18. The van der Waals surface area contributed by atoms with Gasteiger partial charge in [0.1, 0.15) is 18.2 Å². The van der Waals surface area contributed by atoms with Gasteiger partial charge in [-0.15, -0.1) is 0 Å². The molecule has 0 spiro atoms. The lowest BCUT2D eigenvalue weighted by Crippen LogP contribution is -2.31. The van der Waals surface area contributed by atoms with Gasteiger partial charge < -0.3 is 9.47 Å². The zero-order valence-electron chi connectivity index (χ0n) is 11.6. The number of carbonyl (C=O) groups excluding carboxylic acids is 1. The monoisotopic (exact) mass is 317 g/mol. The van der Waals surface area contributed by atoms with E-state index in [1.807, 2.05) is 0 Å². The standard InChI is InChI=1S/C13H16FNO5S/c1-3-10(14)9-20-11-5-7-12(8-6-11)21(17,18)15-13(16)19-4-2/h3,5-8H,4,9H2,1-2H3,(H,15,16)/b10-3+. The molecule has 0 unspecified atom stereocenters. The zero-order valence-corrected chi connectivity index (χ0v) is 12.4. The lowest BCUT2D eigenvalue weighted by atomic mass is 10.3. The second kappa shape index (κ2) is 7.63. The summed E-state index contributed by atoms with van der Waals surface area (Å²) in [6.07, 6.45) is 0.218. The number of allylic oxidation sites excluding steroid dienone is 1. The summed E-state index contributed by atoms with van der Waals surface area (Å²) in [4.78, 5) is 11.0. The van der Waals surface area contributed by atoms with Crippen molar-refractivity contribution in [2.45, 2.75) is 18.7 Å². The maximum absolute atomic E-state index is 12.9. The van der Waals surface area contributed by atoms with Crippen LogP contribution in [0.2, 0.25) is 0 Å². The van der Waals surface area contributed by atoms with Crippen molar-refractivity contribution in [1.82, 2.24) is 4.72 Å². The molecule has 1 N–H and O–H groups in total. The first-order valence-electron chi connectivity index (χ1n) is 6.12. The van der Waals surface area contributed by atoms with Gasteiger partial charge in [0.05, 0.1) is 11.5 Å². The predicted octanol–water partition coefficient (Wildman–Crippen LogP) is 2.37. The van der Waals surface area contributed by atoms with Crippen LogP contribution >= 0.6 is 0 Å². The van der Waals surface area contributed by atoms with E-state index in [0.29, 0.717) is 5.75 Å². The molecule has 0 radical (unpaired) electrons. The third-order valence-electron chi connectivity index (χ3n) is 2.32. The smallest absolute Gasteiger partial charge is 0.421 e. The van der Waals surface area contributed by atoms with Gasteiger partial charge in [-0.05, 0) is 38.1 Å². The number of nitrogens with one attached hydrogen (secondary N) is 1. The lowest BCUT2D eigenvalue weighted by Gasteiger charge is -2.08. The van der Waals surface area contributed by atoms with Crippen molar-refractivity contribution in [2.75, 3.05) is 13.2 Å². The second-order valence-electron chi connectivity index (χ2n) is 3.82. The van der Waals surface area contributed by atoms with Gasteiger partial charge in [0.2, 0.25) is 0 Å². The van der Waals surface area contributed by atoms with Crippen LogP contribution in [0.4, 0.5) is 9.18 Å². The molecule has 0 aliphatic carbocycles. The van der Waals surface area contributed by atoms with Gasteiger partial charge in [-0.1, -0.05) is 6.08 Å². The maximum Gasteiger partial charge on any atom is 0.421 e.